The molecule has 3 unspecified atom stereocenters. The van der Waals surface area contributed by atoms with Crippen LogP contribution in [0.15, 0.2) is 17.5 Å². The number of amides is 3. The Hall–Kier alpha value is -1.31. The van der Waals surface area contributed by atoms with E-state index < -0.39 is 6.03 Å². The number of nitrogens with two attached hydrogens (primary N) is 2. The molecule has 1 fully saturated rings. The van der Waals surface area contributed by atoms with Crippen LogP contribution < -0.4 is 16.8 Å². The summed E-state index contributed by atoms with van der Waals surface area (Å²) in [6.45, 7) is 3.45. The molecule has 1 aliphatic rings. The van der Waals surface area contributed by atoms with Gasteiger partial charge in [0.15, 0.2) is 0 Å². The van der Waals surface area contributed by atoms with Crippen LogP contribution in [0.5, 0.6) is 0 Å². The zero-order valence-corrected chi connectivity index (χ0v) is 14.9. The number of halogens is 1. The number of piperidine rings is 1. The number of likely N-dealkylation sites (tertiary alicyclic amines) is 1. The van der Waals surface area contributed by atoms with Crippen molar-refractivity contribution in [2.45, 2.75) is 38.3 Å². The van der Waals surface area contributed by atoms with Crippen molar-refractivity contribution in [1.29, 1.82) is 0 Å². The average Bonchev–Trinajstić information content (AvgIpc) is 3.00. The van der Waals surface area contributed by atoms with E-state index in [1.165, 1.54) is 11.3 Å². The standard InChI is InChI=1S/C15H24N4O2S.ClH/c1-10(16)11-4-2-6-19(9-11)14(20)8-12(18-15(17)21)13-5-3-7-22-13;/h3,5,7,10-12H,2,4,6,8-9,16H2,1H3,(H3,17,18,21);1H. The van der Waals surface area contributed by atoms with Crippen LogP contribution in [-0.2, 0) is 4.79 Å². The highest BCUT2D eigenvalue weighted by atomic mass is 35.5. The zero-order valence-electron chi connectivity index (χ0n) is 13.2. The molecule has 0 bridgehead atoms. The molecule has 3 amide bonds. The molecule has 2 rings (SSSR count). The van der Waals surface area contributed by atoms with Gasteiger partial charge in [-0.2, -0.15) is 0 Å². The summed E-state index contributed by atoms with van der Waals surface area (Å²) in [6.07, 6.45) is 2.27. The third-order valence-corrected chi connectivity index (χ3v) is 5.12. The Balaban J connectivity index is 0.00000264. The summed E-state index contributed by atoms with van der Waals surface area (Å²) < 4.78 is 0. The lowest BCUT2D eigenvalue weighted by Crippen LogP contribution is -2.46. The molecule has 0 radical (unpaired) electrons. The van der Waals surface area contributed by atoms with Crippen molar-refractivity contribution in [1.82, 2.24) is 10.2 Å². The Morgan fingerprint density at radius 1 is 1.52 bits per heavy atom. The van der Waals surface area contributed by atoms with Gasteiger partial charge in [-0.1, -0.05) is 6.07 Å². The molecule has 0 aliphatic carbocycles. The van der Waals surface area contributed by atoms with Crippen LogP contribution in [0, 0.1) is 5.92 Å². The van der Waals surface area contributed by atoms with Crippen molar-refractivity contribution in [2.75, 3.05) is 13.1 Å². The van der Waals surface area contributed by atoms with E-state index in [2.05, 4.69) is 5.32 Å². The van der Waals surface area contributed by atoms with Crippen molar-refractivity contribution in [3.63, 3.8) is 0 Å². The van der Waals surface area contributed by atoms with Gasteiger partial charge >= 0.3 is 6.03 Å². The van der Waals surface area contributed by atoms with E-state index in [4.69, 9.17) is 11.5 Å². The lowest BCUT2D eigenvalue weighted by atomic mass is 9.92. The van der Waals surface area contributed by atoms with Crippen LogP contribution in [0.1, 0.15) is 37.1 Å². The minimum atomic E-state index is -0.613. The number of hydrogen-bond donors (Lipinski definition) is 3. The largest absolute Gasteiger partial charge is 0.352 e. The number of hydrogen-bond acceptors (Lipinski definition) is 4. The van der Waals surface area contributed by atoms with Crippen LogP contribution in [0.25, 0.3) is 0 Å². The summed E-state index contributed by atoms with van der Waals surface area (Å²) in [5.74, 6) is 0.388. The first-order valence-corrected chi connectivity index (χ1v) is 8.48. The van der Waals surface area contributed by atoms with Gasteiger partial charge in [0.25, 0.3) is 0 Å². The molecule has 6 nitrogen and oxygen atoms in total. The van der Waals surface area contributed by atoms with Crippen LogP contribution in [-0.4, -0.2) is 36.0 Å². The first kappa shape index (κ1) is 19.7. The minimum Gasteiger partial charge on any atom is -0.352 e. The summed E-state index contributed by atoms with van der Waals surface area (Å²) in [4.78, 5) is 26.5. The molecular weight excluding hydrogens is 336 g/mol. The van der Waals surface area contributed by atoms with E-state index in [-0.39, 0.29) is 36.8 Å². The summed E-state index contributed by atoms with van der Waals surface area (Å²) in [5.41, 5.74) is 11.2. The third-order valence-electron chi connectivity index (χ3n) is 4.14. The second-order valence-corrected chi connectivity index (χ2v) is 6.86. The highest BCUT2D eigenvalue weighted by molar-refractivity contribution is 7.10. The van der Waals surface area contributed by atoms with Crippen molar-refractivity contribution in [3.05, 3.63) is 22.4 Å². The molecule has 130 valence electrons. The number of urea groups is 1. The Labute approximate surface area is 147 Å². The van der Waals surface area contributed by atoms with Gasteiger partial charge in [-0.15, -0.1) is 23.7 Å². The van der Waals surface area contributed by atoms with Crippen LogP contribution in [0.2, 0.25) is 0 Å². The fraction of sp³-hybridized carbons (Fsp3) is 0.600. The van der Waals surface area contributed by atoms with Gasteiger partial charge in [0.05, 0.1) is 12.5 Å². The topological polar surface area (TPSA) is 101 Å². The maximum absolute atomic E-state index is 12.6. The Morgan fingerprint density at radius 2 is 2.26 bits per heavy atom. The van der Waals surface area contributed by atoms with E-state index in [0.717, 1.165) is 24.3 Å². The van der Waals surface area contributed by atoms with Crippen molar-refractivity contribution < 1.29 is 9.59 Å². The smallest absolute Gasteiger partial charge is 0.312 e. The van der Waals surface area contributed by atoms with Gasteiger partial charge in [0.1, 0.15) is 0 Å². The molecule has 0 aromatic carbocycles. The number of carbonyl (C=O) groups is 2. The second kappa shape index (κ2) is 9.10. The monoisotopic (exact) mass is 360 g/mol. The molecule has 23 heavy (non-hydrogen) atoms. The van der Waals surface area contributed by atoms with Gasteiger partial charge < -0.3 is 21.7 Å². The first-order chi connectivity index (χ1) is 10.5. The summed E-state index contributed by atoms with van der Waals surface area (Å²) in [7, 11) is 0. The molecule has 2 heterocycles. The maximum atomic E-state index is 12.6. The predicted molar refractivity (Wildman–Crippen MR) is 94.6 cm³/mol. The minimum absolute atomic E-state index is 0. The summed E-state index contributed by atoms with van der Waals surface area (Å²) in [6, 6.07) is 2.92. The quantitative estimate of drug-likeness (QED) is 0.746. The van der Waals surface area contributed by atoms with E-state index in [1.807, 2.05) is 29.3 Å². The molecule has 0 saturated carbocycles. The number of nitrogens with zero attached hydrogens (tertiary/aromatic N) is 1. The highest BCUT2D eigenvalue weighted by Gasteiger charge is 2.28. The van der Waals surface area contributed by atoms with Crippen molar-refractivity contribution in [3.8, 4) is 0 Å². The summed E-state index contributed by atoms with van der Waals surface area (Å²) in [5, 5.41) is 4.58. The molecule has 1 aromatic heterocycles. The van der Waals surface area contributed by atoms with Gasteiger partial charge in [-0.25, -0.2) is 4.79 Å². The van der Waals surface area contributed by atoms with Gasteiger partial charge in [-0.3, -0.25) is 4.79 Å². The van der Waals surface area contributed by atoms with Gasteiger partial charge in [0.2, 0.25) is 5.91 Å². The Bertz CT molecular complexity index is 510. The molecule has 3 atom stereocenters. The van der Waals surface area contributed by atoms with E-state index in [1.54, 1.807) is 0 Å². The van der Waals surface area contributed by atoms with Crippen molar-refractivity contribution in [2.24, 2.45) is 17.4 Å². The molecule has 1 saturated heterocycles. The van der Waals surface area contributed by atoms with Crippen LogP contribution in [0.3, 0.4) is 0 Å². The average molecular weight is 361 g/mol. The first-order valence-electron chi connectivity index (χ1n) is 7.60. The number of thiophene rings is 1. The van der Waals surface area contributed by atoms with Crippen LogP contribution >= 0.6 is 23.7 Å². The lowest BCUT2D eigenvalue weighted by molar-refractivity contribution is -0.133. The third kappa shape index (κ3) is 5.67. The van der Waals surface area contributed by atoms with Crippen molar-refractivity contribution >= 4 is 35.7 Å². The van der Waals surface area contributed by atoms with E-state index in [9.17, 15) is 9.59 Å². The summed E-state index contributed by atoms with van der Waals surface area (Å²) >= 11 is 1.51. The van der Waals surface area contributed by atoms with Gasteiger partial charge in [-0.05, 0) is 37.1 Å². The van der Waals surface area contributed by atoms with E-state index in [0.29, 0.717) is 12.5 Å². The molecule has 1 aliphatic heterocycles. The van der Waals surface area contributed by atoms with Crippen LogP contribution in [0.4, 0.5) is 4.79 Å². The highest BCUT2D eigenvalue weighted by Crippen LogP contribution is 2.25. The zero-order chi connectivity index (χ0) is 16.1. The number of rotatable bonds is 5. The molecule has 1 aromatic rings. The second-order valence-electron chi connectivity index (χ2n) is 5.88. The lowest BCUT2D eigenvalue weighted by Gasteiger charge is -2.35. The number of carbonyl (C=O) groups excluding carboxylic acids is 2. The van der Waals surface area contributed by atoms with Gasteiger partial charge in [0, 0.05) is 24.0 Å². The fourth-order valence-electron chi connectivity index (χ4n) is 2.85. The normalized spacial score (nSPS) is 20.3. The fourth-order valence-corrected chi connectivity index (χ4v) is 3.63. The Morgan fingerprint density at radius 3 is 2.83 bits per heavy atom. The molecular formula is C15H25ClN4O2S. The SMILES string of the molecule is CC(N)C1CCCN(C(=O)CC(NC(N)=O)c2cccs2)C1.Cl. The number of nitrogens with one attached hydrogen (secondary N) is 1. The number of primary amides is 1. The predicted octanol–water partition coefficient (Wildman–Crippen LogP) is 1.86. The Kier molecular flexibility index (Phi) is 7.81. The molecule has 5 N–H and O–H groups in total. The molecule has 0 spiro atoms. The van der Waals surface area contributed by atoms with E-state index >= 15 is 0 Å². The maximum Gasteiger partial charge on any atom is 0.312 e. The molecule has 8 heteroatoms.